The van der Waals surface area contributed by atoms with E-state index in [9.17, 15) is 28.8 Å². The molecule has 1 atom stereocenters. The van der Waals surface area contributed by atoms with Crippen molar-refractivity contribution in [2.75, 3.05) is 118 Å². The van der Waals surface area contributed by atoms with Crippen molar-refractivity contribution in [2.45, 2.75) is 51.0 Å². The second-order valence-corrected chi connectivity index (χ2v) is 12.3. The second kappa shape index (κ2) is 27.7. The average molecular weight is 782 g/mol. The van der Waals surface area contributed by atoms with Crippen LogP contribution in [0.1, 0.15) is 65.7 Å². The normalized spacial score (nSPS) is 15.4. The van der Waals surface area contributed by atoms with Crippen LogP contribution in [-0.2, 0) is 61.8 Å². The van der Waals surface area contributed by atoms with Crippen molar-refractivity contribution in [3.05, 3.63) is 29.3 Å². The van der Waals surface area contributed by atoms with Crippen LogP contribution in [0.4, 0.5) is 5.69 Å². The zero-order chi connectivity index (χ0) is 39.5. The summed E-state index contributed by atoms with van der Waals surface area (Å²) in [4.78, 5) is 74.4. The number of nitrogens with zero attached hydrogens (tertiary/aromatic N) is 1. The Morgan fingerprint density at radius 1 is 0.655 bits per heavy atom. The first kappa shape index (κ1) is 45.5. The fraction of sp³-hybridized carbons (Fsp3) is 0.676. The van der Waals surface area contributed by atoms with Crippen molar-refractivity contribution >= 4 is 41.2 Å². The molecule has 1 aromatic rings. The van der Waals surface area contributed by atoms with Crippen LogP contribution in [0, 0.1) is 0 Å². The Morgan fingerprint density at radius 3 is 1.67 bits per heavy atom. The van der Waals surface area contributed by atoms with Gasteiger partial charge < -0.3 is 47.9 Å². The fourth-order valence-corrected chi connectivity index (χ4v) is 5.40. The molecule has 18 heteroatoms. The number of benzene rings is 1. The van der Waals surface area contributed by atoms with Gasteiger partial charge in [0.2, 0.25) is 17.7 Å². The molecular weight excluding hydrogens is 726 g/mol. The Labute approximate surface area is 321 Å². The number of fused-ring (bicyclic) bond motifs is 1. The number of rotatable bonds is 32. The summed E-state index contributed by atoms with van der Waals surface area (Å²) >= 11 is 0. The van der Waals surface area contributed by atoms with Gasteiger partial charge in [-0.1, -0.05) is 12.5 Å². The van der Waals surface area contributed by atoms with E-state index in [0.717, 1.165) is 17.7 Å². The lowest BCUT2D eigenvalue weighted by atomic mass is 10.0. The number of esters is 1. The van der Waals surface area contributed by atoms with Crippen LogP contribution >= 0.6 is 0 Å². The average Bonchev–Trinajstić information content (AvgIpc) is 3.43. The van der Waals surface area contributed by atoms with Gasteiger partial charge in [0, 0.05) is 19.4 Å². The lowest BCUT2D eigenvalue weighted by Gasteiger charge is -2.27. The highest BCUT2D eigenvalue weighted by atomic mass is 16.6. The molecule has 1 saturated heterocycles. The molecule has 1 fully saturated rings. The maximum atomic E-state index is 13.2. The maximum Gasteiger partial charge on any atom is 0.307 e. The number of carbonyl (C=O) groups excluding carboxylic acids is 6. The molecule has 1 unspecified atom stereocenters. The smallest absolute Gasteiger partial charge is 0.307 e. The molecule has 2 heterocycles. The van der Waals surface area contributed by atoms with Crippen LogP contribution in [0.5, 0.6) is 0 Å². The van der Waals surface area contributed by atoms with E-state index in [4.69, 9.17) is 37.9 Å². The van der Waals surface area contributed by atoms with E-state index in [0.29, 0.717) is 112 Å². The molecule has 5 amide bonds. The van der Waals surface area contributed by atoms with Crippen molar-refractivity contribution in [1.29, 1.82) is 0 Å². The zero-order valence-electron chi connectivity index (χ0n) is 31.6. The second-order valence-electron chi connectivity index (χ2n) is 12.3. The molecule has 2 N–H and O–H groups in total. The van der Waals surface area contributed by atoms with Gasteiger partial charge >= 0.3 is 5.97 Å². The van der Waals surface area contributed by atoms with Gasteiger partial charge in [0.05, 0.1) is 129 Å². The summed E-state index contributed by atoms with van der Waals surface area (Å²) in [5, 5.41) is 4.90. The Hall–Kier alpha value is -3.88. The molecule has 0 aromatic heterocycles. The summed E-state index contributed by atoms with van der Waals surface area (Å²) in [6, 6.07) is 3.52. The van der Waals surface area contributed by atoms with Gasteiger partial charge in [-0.3, -0.25) is 39.0 Å². The van der Waals surface area contributed by atoms with E-state index in [1.807, 2.05) is 0 Å². The van der Waals surface area contributed by atoms with E-state index in [-0.39, 0.29) is 54.4 Å². The predicted molar refractivity (Wildman–Crippen MR) is 193 cm³/mol. The van der Waals surface area contributed by atoms with Crippen LogP contribution in [0.15, 0.2) is 18.2 Å². The monoisotopic (exact) mass is 781 g/mol. The summed E-state index contributed by atoms with van der Waals surface area (Å²) in [6.45, 7) is 7.09. The molecule has 55 heavy (non-hydrogen) atoms. The van der Waals surface area contributed by atoms with Crippen molar-refractivity contribution < 1.29 is 71.4 Å². The number of nitrogens with one attached hydrogen (secondary N) is 2. The van der Waals surface area contributed by atoms with Crippen molar-refractivity contribution in [1.82, 2.24) is 10.2 Å². The number of unbranched alkanes of at least 4 members (excludes halogenated alkanes) is 2. The maximum absolute atomic E-state index is 13.2. The molecule has 0 saturated carbocycles. The lowest BCUT2D eigenvalue weighted by molar-refractivity contribution is -0.142. The number of amides is 5. The van der Waals surface area contributed by atoms with Crippen LogP contribution in [0.2, 0.25) is 0 Å². The number of carbonyl (C=O) groups is 6. The van der Waals surface area contributed by atoms with Crippen LogP contribution < -0.4 is 10.6 Å². The Balaban J connectivity index is 1.05. The predicted octanol–water partition coefficient (Wildman–Crippen LogP) is 1.28. The molecule has 1 aromatic carbocycles. The number of hydrogen-bond donors (Lipinski definition) is 2. The highest BCUT2D eigenvalue weighted by molar-refractivity contribution is 6.26. The third-order valence-corrected chi connectivity index (χ3v) is 8.22. The summed E-state index contributed by atoms with van der Waals surface area (Å²) in [5.41, 5.74) is 0.374. The molecule has 2 aliphatic heterocycles. The highest BCUT2D eigenvalue weighted by Gasteiger charge is 2.45. The number of anilines is 1. The van der Waals surface area contributed by atoms with Crippen LogP contribution in [-0.4, -0.2) is 159 Å². The Bertz CT molecular complexity index is 1360. The Morgan fingerprint density at radius 2 is 1.16 bits per heavy atom. The minimum absolute atomic E-state index is 0.0264. The highest BCUT2D eigenvalue weighted by Crippen LogP contribution is 2.32. The third-order valence-electron chi connectivity index (χ3n) is 8.22. The zero-order valence-corrected chi connectivity index (χ0v) is 31.6. The largest absolute Gasteiger partial charge is 0.469 e. The van der Waals surface area contributed by atoms with Crippen molar-refractivity contribution in [3.63, 3.8) is 0 Å². The van der Waals surface area contributed by atoms with Gasteiger partial charge in [-0.15, -0.1) is 0 Å². The van der Waals surface area contributed by atoms with E-state index >= 15 is 0 Å². The van der Waals surface area contributed by atoms with Crippen molar-refractivity contribution in [3.8, 4) is 0 Å². The Kier molecular flexibility index (Phi) is 22.9. The fourth-order valence-electron chi connectivity index (χ4n) is 5.40. The quantitative estimate of drug-likeness (QED) is 0.0599. The molecule has 308 valence electrons. The van der Waals surface area contributed by atoms with E-state index in [1.165, 1.54) is 13.2 Å². The molecule has 2 aliphatic rings. The van der Waals surface area contributed by atoms with Gasteiger partial charge in [0.15, 0.2) is 0 Å². The number of hydrogen-bond acceptors (Lipinski definition) is 15. The van der Waals surface area contributed by atoms with Crippen molar-refractivity contribution in [2.24, 2.45) is 0 Å². The molecule has 18 nitrogen and oxygen atoms in total. The summed E-state index contributed by atoms with van der Waals surface area (Å²) in [7, 11) is 1.34. The summed E-state index contributed by atoms with van der Waals surface area (Å²) in [5.74, 6) is -3.03. The number of methoxy groups -OCH3 is 1. The van der Waals surface area contributed by atoms with E-state index in [2.05, 4.69) is 15.4 Å². The van der Waals surface area contributed by atoms with Gasteiger partial charge in [-0.05, 0) is 31.4 Å². The molecule has 0 aliphatic carbocycles. The van der Waals surface area contributed by atoms with Gasteiger partial charge in [0.25, 0.3) is 11.8 Å². The topological polar surface area (TPSA) is 213 Å². The minimum Gasteiger partial charge on any atom is -0.469 e. The molecule has 0 radical (unpaired) electrons. The first-order chi connectivity index (χ1) is 26.8. The van der Waals surface area contributed by atoms with Gasteiger partial charge in [-0.2, -0.15) is 0 Å². The standard InChI is InChI=1S/C37H55N3O15/c1-47-33(43)11-13-49-15-17-51-19-21-53-23-25-55-27-26-54-24-22-52-20-18-50-16-14-48-12-4-2-3-8-31(41)38-29-7-5-6-28-34(29)37(46)40(36(28)45)30-9-10-32(42)39-35(30)44/h5-7,30H,2-4,8-27H2,1H3,(H,38,41)(H,39,42,44). The number of ether oxygens (including phenoxy) is 9. The number of imide groups is 2. The minimum atomic E-state index is -1.08. The first-order valence-electron chi connectivity index (χ1n) is 18.7. The molecular formula is C37H55N3O15. The van der Waals surface area contributed by atoms with E-state index in [1.54, 1.807) is 12.1 Å². The molecule has 0 bridgehead atoms. The lowest BCUT2D eigenvalue weighted by Crippen LogP contribution is -2.54. The third kappa shape index (κ3) is 17.6. The first-order valence-corrected chi connectivity index (χ1v) is 18.7. The molecule has 0 spiro atoms. The summed E-state index contributed by atoms with van der Waals surface area (Å²) in [6.07, 6.45) is 2.66. The van der Waals surface area contributed by atoms with Gasteiger partial charge in [-0.25, -0.2) is 0 Å². The van der Waals surface area contributed by atoms with Gasteiger partial charge in [0.1, 0.15) is 6.04 Å². The SMILES string of the molecule is COC(=O)CCOCCOCCOCCOCCOCCOCCOCCOCCCCCC(=O)Nc1cccc2c1C(=O)N(C1CCC(=O)NC1=O)C2=O. The summed E-state index contributed by atoms with van der Waals surface area (Å²) < 4.78 is 48.1. The van der Waals surface area contributed by atoms with Crippen LogP contribution in [0.25, 0.3) is 0 Å². The van der Waals surface area contributed by atoms with E-state index < -0.39 is 29.7 Å². The van der Waals surface area contributed by atoms with Crippen LogP contribution in [0.3, 0.4) is 0 Å². The number of piperidine rings is 1. The molecule has 3 rings (SSSR count).